The van der Waals surface area contributed by atoms with Crippen LogP contribution in [-0.2, 0) is 6.42 Å². The summed E-state index contributed by atoms with van der Waals surface area (Å²) in [5, 5.41) is 6.72. The molecule has 0 spiro atoms. The number of aliphatic imine (C=N–C) groups is 1. The van der Waals surface area contributed by atoms with Gasteiger partial charge in [-0.05, 0) is 25.0 Å². The molecule has 0 saturated heterocycles. The van der Waals surface area contributed by atoms with E-state index >= 15 is 0 Å². The van der Waals surface area contributed by atoms with E-state index in [0.29, 0.717) is 6.04 Å². The molecule has 0 amide bonds. The molecule has 5 heteroatoms. The van der Waals surface area contributed by atoms with Gasteiger partial charge in [0.2, 0.25) is 0 Å². The summed E-state index contributed by atoms with van der Waals surface area (Å²) >= 11 is 0. The first-order valence-corrected chi connectivity index (χ1v) is 6.40. The Morgan fingerprint density at radius 2 is 2.16 bits per heavy atom. The molecular weight excluding hydrogens is 351 g/mol. The summed E-state index contributed by atoms with van der Waals surface area (Å²) in [6, 6.07) is 6.48. The minimum Gasteiger partial charge on any atom is -0.356 e. The third-order valence-corrected chi connectivity index (χ3v) is 2.97. The standard InChI is InChI=1S/C14H20N4.HI/c1-15-14(18-13-7-2-3-8-13)17-11-9-12-6-4-5-10-16-12;/h2-6,10,13H,7-9,11H2,1H3,(H2,15,17,18);1H. The molecule has 2 rings (SSSR count). The van der Waals surface area contributed by atoms with Gasteiger partial charge in [-0.1, -0.05) is 18.2 Å². The van der Waals surface area contributed by atoms with Crippen molar-refractivity contribution < 1.29 is 0 Å². The van der Waals surface area contributed by atoms with Gasteiger partial charge in [-0.25, -0.2) is 0 Å². The number of halogens is 1. The van der Waals surface area contributed by atoms with E-state index in [-0.39, 0.29) is 24.0 Å². The fourth-order valence-corrected chi connectivity index (χ4v) is 1.98. The van der Waals surface area contributed by atoms with Crippen LogP contribution < -0.4 is 10.6 Å². The molecule has 0 bridgehead atoms. The lowest BCUT2D eigenvalue weighted by Gasteiger charge is -2.16. The summed E-state index contributed by atoms with van der Waals surface area (Å²) in [6.07, 6.45) is 9.32. The van der Waals surface area contributed by atoms with E-state index in [1.165, 1.54) is 0 Å². The molecule has 1 aliphatic carbocycles. The van der Waals surface area contributed by atoms with Crippen LogP contribution in [0.4, 0.5) is 0 Å². The van der Waals surface area contributed by atoms with Crippen LogP contribution in [0.5, 0.6) is 0 Å². The van der Waals surface area contributed by atoms with Crippen LogP contribution in [0.3, 0.4) is 0 Å². The maximum absolute atomic E-state index is 4.29. The Morgan fingerprint density at radius 3 is 2.79 bits per heavy atom. The van der Waals surface area contributed by atoms with Gasteiger partial charge in [-0.15, -0.1) is 24.0 Å². The van der Waals surface area contributed by atoms with E-state index in [2.05, 4.69) is 32.8 Å². The second-order valence-corrected chi connectivity index (χ2v) is 4.35. The summed E-state index contributed by atoms with van der Waals surface area (Å²) in [6.45, 7) is 0.844. The first-order chi connectivity index (χ1) is 8.88. The highest BCUT2D eigenvalue weighted by Gasteiger charge is 2.11. The quantitative estimate of drug-likeness (QED) is 0.369. The van der Waals surface area contributed by atoms with Gasteiger partial charge in [0.05, 0.1) is 0 Å². The largest absolute Gasteiger partial charge is 0.356 e. The number of hydrogen-bond acceptors (Lipinski definition) is 2. The molecule has 1 aliphatic rings. The predicted molar refractivity (Wildman–Crippen MR) is 90.0 cm³/mol. The third-order valence-electron chi connectivity index (χ3n) is 2.97. The summed E-state index contributed by atoms with van der Waals surface area (Å²) in [5.74, 6) is 0.875. The van der Waals surface area contributed by atoms with Crippen LogP contribution >= 0.6 is 24.0 Å². The zero-order valence-electron chi connectivity index (χ0n) is 11.2. The lowest BCUT2D eigenvalue weighted by molar-refractivity contribution is 0.632. The maximum atomic E-state index is 4.29. The molecule has 0 aromatic carbocycles. The molecular formula is C14H21IN4. The van der Waals surface area contributed by atoms with E-state index < -0.39 is 0 Å². The van der Waals surface area contributed by atoms with E-state index in [4.69, 9.17) is 0 Å². The molecule has 0 radical (unpaired) electrons. The molecule has 1 aromatic rings. The molecule has 4 nitrogen and oxygen atoms in total. The number of nitrogens with one attached hydrogen (secondary N) is 2. The monoisotopic (exact) mass is 372 g/mol. The number of guanidine groups is 1. The molecule has 104 valence electrons. The number of rotatable bonds is 4. The molecule has 1 aromatic heterocycles. The molecule has 19 heavy (non-hydrogen) atoms. The molecule has 0 atom stereocenters. The number of aromatic nitrogens is 1. The molecule has 0 aliphatic heterocycles. The summed E-state index contributed by atoms with van der Waals surface area (Å²) in [7, 11) is 1.80. The van der Waals surface area contributed by atoms with E-state index in [1.54, 1.807) is 7.05 Å². The first-order valence-electron chi connectivity index (χ1n) is 6.40. The molecule has 0 saturated carbocycles. The van der Waals surface area contributed by atoms with Gasteiger partial charge in [0.25, 0.3) is 0 Å². The molecule has 0 unspecified atom stereocenters. The smallest absolute Gasteiger partial charge is 0.191 e. The lowest BCUT2D eigenvalue weighted by Crippen LogP contribution is -2.43. The van der Waals surface area contributed by atoms with Gasteiger partial charge < -0.3 is 10.6 Å². The van der Waals surface area contributed by atoms with Crippen molar-refractivity contribution >= 4 is 29.9 Å². The average Bonchev–Trinajstić information content (AvgIpc) is 2.92. The molecule has 0 fully saturated rings. The summed E-state index contributed by atoms with van der Waals surface area (Å²) < 4.78 is 0. The van der Waals surface area contributed by atoms with Crippen molar-refractivity contribution in [2.45, 2.75) is 25.3 Å². The van der Waals surface area contributed by atoms with Crippen LogP contribution in [0.15, 0.2) is 41.5 Å². The highest BCUT2D eigenvalue weighted by Crippen LogP contribution is 2.08. The van der Waals surface area contributed by atoms with Gasteiger partial charge in [-0.2, -0.15) is 0 Å². The van der Waals surface area contributed by atoms with Crippen molar-refractivity contribution in [3.8, 4) is 0 Å². The Bertz CT molecular complexity index is 409. The number of nitrogens with zero attached hydrogens (tertiary/aromatic N) is 2. The van der Waals surface area contributed by atoms with Crippen molar-refractivity contribution in [2.75, 3.05) is 13.6 Å². The zero-order chi connectivity index (χ0) is 12.6. The average molecular weight is 372 g/mol. The predicted octanol–water partition coefficient (Wildman–Crippen LogP) is 2.13. The summed E-state index contributed by atoms with van der Waals surface area (Å²) in [4.78, 5) is 8.52. The Hall–Kier alpha value is -1.11. The van der Waals surface area contributed by atoms with Gasteiger partial charge in [0.1, 0.15) is 0 Å². The van der Waals surface area contributed by atoms with Crippen molar-refractivity contribution in [1.82, 2.24) is 15.6 Å². The fraction of sp³-hybridized carbons (Fsp3) is 0.429. The van der Waals surface area contributed by atoms with Crippen LogP contribution in [-0.4, -0.2) is 30.6 Å². The molecule has 1 heterocycles. The van der Waals surface area contributed by atoms with E-state index in [9.17, 15) is 0 Å². The minimum atomic E-state index is 0. The van der Waals surface area contributed by atoms with Gasteiger partial charge >= 0.3 is 0 Å². The van der Waals surface area contributed by atoms with Gasteiger partial charge in [0, 0.05) is 37.9 Å². The zero-order valence-corrected chi connectivity index (χ0v) is 13.5. The number of hydrogen-bond donors (Lipinski definition) is 2. The highest BCUT2D eigenvalue weighted by molar-refractivity contribution is 14.0. The van der Waals surface area contributed by atoms with Gasteiger partial charge in [-0.3, -0.25) is 9.98 Å². The van der Waals surface area contributed by atoms with Gasteiger partial charge in [0.15, 0.2) is 5.96 Å². The van der Waals surface area contributed by atoms with Crippen LogP contribution in [0.25, 0.3) is 0 Å². The Balaban J connectivity index is 0.00000180. The molecule has 2 N–H and O–H groups in total. The van der Waals surface area contributed by atoms with Crippen LogP contribution in [0.2, 0.25) is 0 Å². The Kier molecular flexibility index (Phi) is 7.47. The van der Waals surface area contributed by atoms with Crippen molar-refractivity contribution in [3.05, 3.63) is 42.2 Å². The topological polar surface area (TPSA) is 49.3 Å². The maximum Gasteiger partial charge on any atom is 0.191 e. The third kappa shape index (κ3) is 5.59. The van der Waals surface area contributed by atoms with Crippen molar-refractivity contribution in [3.63, 3.8) is 0 Å². The Morgan fingerprint density at radius 1 is 1.37 bits per heavy atom. The first kappa shape index (κ1) is 15.9. The fourth-order valence-electron chi connectivity index (χ4n) is 1.98. The van der Waals surface area contributed by atoms with E-state index in [1.807, 2.05) is 24.4 Å². The second kappa shape index (κ2) is 8.90. The Labute approximate surface area is 131 Å². The minimum absolute atomic E-state index is 0. The van der Waals surface area contributed by atoms with E-state index in [0.717, 1.165) is 37.5 Å². The number of pyridine rings is 1. The van der Waals surface area contributed by atoms with Crippen molar-refractivity contribution in [1.29, 1.82) is 0 Å². The van der Waals surface area contributed by atoms with Crippen LogP contribution in [0, 0.1) is 0 Å². The van der Waals surface area contributed by atoms with Crippen molar-refractivity contribution in [2.24, 2.45) is 4.99 Å². The van der Waals surface area contributed by atoms with Crippen LogP contribution in [0.1, 0.15) is 18.5 Å². The highest BCUT2D eigenvalue weighted by atomic mass is 127. The lowest BCUT2D eigenvalue weighted by atomic mass is 10.2. The normalized spacial score (nSPS) is 15.1. The second-order valence-electron chi connectivity index (χ2n) is 4.35. The summed E-state index contributed by atoms with van der Waals surface area (Å²) in [5.41, 5.74) is 1.10. The SMILES string of the molecule is CN=C(NCCc1ccccn1)NC1CC=CC1.I.